The van der Waals surface area contributed by atoms with Crippen LogP contribution in [-0.4, -0.2) is 14.6 Å². The van der Waals surface area contributed by atoms with Gasteiger partial charge in [-0.1, -0.05) is 34.8 Å². The van der Waals surface area contributed by atoms with E-state index in [0.29, 0.717) is 5.56 Å². The summed E-state index contributed by atoms with van der Waals surface area (Å²) in [5.74, 6) is -0.223. The summed E-state index contributed by atoms with van der Waals surface area (Å²) in [6.45, 7) is 0. The van der Waals surface area contributed by atoms with Crippen molar-refractivity contribution in [3.63, 3.8) is 0 Å². The Balaban J connectivity index is 2.74. The van der Waals surface area contributed by atoms with Gasteiger partial charge >= 0.3 is 0 Å². The number of carbonyl (C=O) groups is 1. The van der Waals surface area contributed by atoms with E-state index in [1.807, 2.05) is 0 Å². The highest BCUT2D eigenvalue weighted by Crippen LogP contribution is 2.27. The van der Waals surface area contributed by atoms with Crippen LogP contribution in [0.4, 0.5) is 0 Å². The third-order valence-corrected chi connectivity index (χ3v) is 1.77. The first-order valence-electron chi connectivity index (χ1n) is 3.69. The minimum absolute atomic E-state index is 0.223. The van der Waals surface area contributed by atoms with Crippen molar-refractivity contribution in [1.82, 2.24) is 4.98 Å². The Morgan fingerprint density at radius 1 is 1.29 bits per heavy atom. The Hall–Kier alpha value is -0.570. The fourth-order valence-corrected chi connectivity index (χ4v) is 0.972. The maximum Gasteiger partial charge on any atom is 0.209 e. The number of rotatable bonds is 2. The molecule has 1 aromatic rings. The van der Waals surface area contributed by atoms with E-state index >= 15 is 0 Å². The molecular weight excluding hydrogens is 244 g/mol. The van der Waals surface area contributed by atoms with Crippen molar-refractivity contribution in [3.8, 4) is 0 Å². The van der Waals surface area contributed by atoms with E-state index in [1.54, 1.807) is 12.1 Å². The Morgan fingerprint density at radius 3 is 2.36 bits per heavy atom. The van der Waals surface area contributed by atoms with Crippen LogP contribution in [0.15, 0.2) is 36.7 Å². The number of hydrogen-bond donors (Lipinski definition) is 0. The van der Waals surface area contributed by atoms with Gasteiger partial charge in [0.25, 0.3) is 0 Å². The maximum atomic E-state index is 11.4. The molecule has 0 N–H and O–H groups in total. The molecule has 0 saturated heterocycles. The summed E-state index contributed by atoms with van der Waals surface area (Å²) in [6.07, 6.45) is 5.48. The molecule has 0 spiro atoms. The van der Waals surface area contributed by atoms with Crippen LogP contribution in [0, 0.1) is 0 Å². The molecule has 0 bridgehead atoms. The number of halogens is 3. The smallest absolute Gasteiger partial charge is 0.209 e. The van der Waals surface area contributed by atoms with Gasteiger partial charge in [-0.25, -0.2) is 0 Å². The molecule has 5 heteroatoms. The molecule has 0 unspecified atom stereocenters. The van der Waals surface area contributed by atoms with E-state index in [9.17, 15) is 4.79 Å². The molecule has 0 atom stereocenters. The number of allylic oxidation sites excluding steroid dienone is 2. The summed E-state index contributed by atoms with van der Waals surface area (Å²) in [5.41, 5.74) is 0.505. The average Bonchev–Trinajstić information content (AvgIpc) is 2.14. The summed E-state index contributed by atoms with van der Waals surface area (Å²) in [7, 11) is 0. The number of nitrogens with zero attached hydrogens (tertiary/aromatic N) is 1. The molecule has 1 rings (SSSR count). The third kappa shape index (κ3) is 4.09. The van der Waals surface area contributed by atoms with Crippen LogP contribution in [0.5, 0.6) is 0 Å². The summed E-state index contributed by atoms with van der Waals surface area (Å²) in [5, 5.41) is 0. The topological polar surface area (TPSA) is 30.0 Å². The van der Waals surface area contributed by atoms with Crippen molar-refractivity contribution in [2.75, 3.05) is 0 Å². The second-order valence-electron chi connectivity index (χ2n) is 2.48. The summed E-state index contributed by atoms with van der Waals surface area (Å²) in [4.78, 5) is 15.2. The van der Waals surface area contributed by atoms with E-state index in [-0.39, 0.29) is 5.78 Å². The standard InChI is InChI=1S/C9H6Cl3NO/c10-9(11,12)4-1-8(14)7-2-5-13-6-3-7/h1-6H/b4-1+. The minimum Gasteiger partial charge on any atom is -0.289 e. The van der Waals surface area contributed by atoms with E-state index in [2.05, 4.69) is 4.98 Å². The third-order valence-electron chi connectivity index (χ3n) is 1.39. The first-order chi connectivity index (χ1) is 6.49. The normalized spacial score (nSPS) is 11.9. The van der Waals surface area contributed by atoms with E-state index in [4.69, 9.17) is 34.8 Å². The van der Waals surface area contributed by atoms with Crippen molar-refractivity contribution in [1.29, 1.82) is 0 Å². The Morgan fingerprint density at radius 2 is 1.86 bits per heavy atom. The minimum atomic E-state index is -1.54. The fourth-order valence-electron chi connectivity index (χ4n) is 0.783. The second kappa shape index (κ2) is 4.78. The zero-order valence-electron chi connectivity index (χ0n) is 6.95. The Labute approximate surface area is 96.5 Å². The molecule has 0 aliphatic rings. The highest BCUT2D eigenvalue weighted by atomic mass is 35.6. The Kier molecular flexibility index (Phi) is 3.93. The van der Waals surface area contributed by atoms with Gasteiger partial charge in [-0.3, -0.25) is 9.78 Å². The number of aromatic nitrogens is 1. The largest absolute Gasteiger partial charge is 0.289 e. The van der Waals surface area contributed by atoms with Gasteiger partial charge in [-0.05, 0) is 24.3 Å². The van der Waals surface area contributed by atoms with Gasteiger partial charge in [-0.15, -0.1) is 0 Å². The van der Waals surface area contributed by atoms with Crippen molar-refractivity contribution < 1.29 is 4.79 Å². The molecule has 0 aromatic carbocycles. The quantitative estimate of drug-likeness (QED) is 0.458. The molecule has 14 heavy (non-hydrogen) atoms. The zero-order valence-corrected chi connectivity index (χ0v) is 9.22. The summed E-state index contributed by atoms with van der Waals surface area (Å²) >= 11 is 16.3. The lowest BCUT2D eigenvalue weighted by molar-refractivity contribution is 0.104. The first kappa shape index (κ1) is 11.5. The van der Waals surface area contributed by atoms with E-state index in [0.717, 1.165) is 0 Å². The SMILES string of the molecule is O=C(/C=C/C(Cl)(Cl)Cl)c1ccncc1. The molecule has 2 nitrogen and oxygen atoms in total. The van der Waals surface area contributed by atoms with Crippen LogP contribution in [0.3, 0.4) is 0 Å². The predicted octanol–water partition coefficient (Wildman–Crippen LogP) is 3.19. The maximum absolute atomic E-state index is 11.4. The fraction of sp³-hybridized carbons (Fsp3) is 0.111. The van der Waals surface area contributed by atoms with Gasteiger partial charge in [0, 0.05) is 18.0 Å². The number of pyridine rings is 1. The first-order valence-corrected chi connectivity index (χ1v) is 4.83. The molecule has 0 fully saturated rings. The van der Waals surface area contributed by atoms with Crippen LogP contribution in [0.25, 0.3) is 0 Å². The van der Waals surface area contributed by atoms with Gasteiger partial charge < -0.3 is 0 Å². The molecule has 0 aliphatic carbocycles. The van der Waals surface area contributed by atoms with Gasteiger partial charge in [-0.2, -0.15) is 0 Å². The Bertz CT molecular complexity index is 343. The van der Waals surface area contributed by atoms with E-state index in [1.165, 1.54) is 24.5 Å². The molecule has 1 aromatic heterocycles. The zero-order chi connectivity index (χ0) is 10.6. The lowest BCUT2D eigenvalue weighted by atomic mass is 10.2. The lowest BCUT2D eigenvalue weighted by Crippen LogP contribution is -1.99. The van der Waals surface area contributed by atoms with Gasteiger partial charge in [0.2, 0.25) is 3.79 Å². The van der Waals surface area contributed by atoms with Crippen LogP contribution in [-0.2, 0) is 0 Å². The number of ketones is 1. The van der Waals surface area contributed by atoms with Crippen LogP contribution < -0.4 is 0 Å². The molecule has 0 saturated carbocycles. The summed E-state index contributed by atoms with van der Waals surface area (Å²) < 4.78 is -1.54. The molecule has 0 radical (unpaired) electrons. The van der Waals surface area contributed by atoms with Gasteiger partial charge in [0.05, 0.1) is 0 Å². The average molecular weight is 251 g/mol. The van der Waals surface area contributed by atoms with Gasteiger partial charge in [0.1, 0.15) is 0 Å². The van der Waals surface area contributed by atoms with Crippen molar-refractivity contribution in [3.05, 3.63) is 42.2 Å². The molecular formula is C9H6Cl3NO. The van der Waals surface area contributed by atoms with Crippen molar-refractivity contribution >= 4 is 40.6 Å². The summed E-state index contributed by atoms with van der Waals surface area (Å²) in [6, 6.07) is 3.18. The highest BCUT2D eigenvalue weighted by molar-refractivity contribution is 6.69. The second-order valence-corrected chi connectivity index (χ2v) is 4.84. The molecule has 1 heterocycles. The van der Waals surface area contributed by atoms with Gasteiger partial charge in [0.15, 0.2) is 5.78 Å². The van der Waals surface area contributed by atoms with Crippen LogP contribution >= 0.6 is 34.8 Å². The van der Waals surface area contributed by atoms with Crippen LogP contribution in [0.1, 0.15) is 10.4 Å². The van der Waals surface area contributed by atoms with E-state index < -0.39 is 3.79 Å². The molecule has 0 aliphatic heterocycles. The molecule has 74 valence electrons. The number of alkyl halides is 3. The van der Waals surface area contributed by atoms with Crippen LogP contribution in [0.2, 0.25) is 0 Å². The number of carbonyl (C=O) groups excluding carboxylic acids is 1. The monoisotopic (exact) mass is 249 g/mol. The lowest BCUT2D eigenvalue weighted by Gasteiger charge is -2.01. The highest BCUT2D eigenvalue weighted by Gasteiger charge is 2.14. The predicted molar refractivity (Wildman–Crippen MR) is 58.0 cm³/mol. The van der Waals surface area contributed by atoms with Crippen molar-refractivity contribution in [2.24, 2.45) is 0 Å². The number of hydrogen-bond acceptors (Lipinski definition) is 2. The molecule has 0 amide bonds. The van der Waals surface area contributed by atoms with Crippen molar-refractivity contribution in [2.45, 2.75) is 3.79 Å².